The molecule has 0 saturated carbocycles. The highest BCUT2D eigenvalue weighted by atomic mass is 32.2. The van der Waals surface area contributed by atoms with Crippen LogP contribution in [0.25, 0.3) is 11.0 Å². The first-order valence-electron chi connectivity index (χ1n) is 7.77. The lowest BCUT2D eigenvalue weighted by Crippen LogP contribution is -2.37. The number of anilines is 1. The summed E-state index contributed by atoms with van der Waals surface area (Å²) in [6, 6.07) is 4.05. The molecule has 24 heavy (non-hydrogen) atoms. The Hall–Kier alpha value is -1.84. The molecule has 1 aromatic carbocycles. The van der Waals surface area contributed by atoms with Gasteiger partial charge < -0.3 is 9.26 Å². The number of benzene rings is 1. The molecule has 2 N–H and O–H groups in total. The van der Waals surface area contributed by atoms with Crippen molar-refractivity contribution < 1.29 is 18.4 Å². The first-order chi connectivity index (χ1) is 11.7. The maximum Gasteiger partial charge on any atom is 0.330 e. The lowest BCUT2D eigenvalue weighted by atomic mass is 10.2. The van der Waals surface area contributed by atoms with Crippen molar-refractivity contribution in [3.63, 3.8) is 0 Å². The van der Waals surface area contributed by atoms with Crippen molar-refractivity contribution >= 4 is 34.8 Å². The number of carbonyl (C=O) groups excluding carboxylic acids is 1. The summed E-state index contributed by atoms with van der Waals surface area (Å²) in [4.78, 5) is 14.2. The van der Waals surface area contributed by atoms with Crippen molar-refractivity contribution in [1.82, 2.24) is 14.8 Å². The number of amides is 2. The average molecular weight is 354 g/mol. The van der Waals surface area contributed by atoms with Crippen LogP contribution in [-0.4, -0.2) is 54.7 Å². The molecule has 0 unspecified atom stereocenters. The summed E-state index contributed by atoms with van der Waals surface area (Å²) in [6.07, 6.45) is 0.975. The summed E-state index contributed by atoms with van der Waals surface area (Å²) in [5, 5.41) is 6.68. The summed E-state index contributed by atoms with van der Waals surface area (Å²) < 4.78 is 26.4. The SMILES string of the molecule is O=C(NSCCCN1CCOCC1)Nc1noc2c(F)cccc12. The lowest BCUT2D eigenvalue weighted by Gasteiger charge is -2.26. The topological polar surface area (TPSA) is 79.6 Å². The predicted octanol–water partition coefficient (Wildman–Crippen LogP) is 2.46. The number of para-hydroxylation sites is 1. The van der Waals surface area contributed by atoms with E-state index in [2.05, 4.69) is 20.1 Å². The van der Waals surface area contributed by atoms with Crippen LogP contribution in [0.1, 0.15) is 6.42 Å². The van der Waals surface area contributed by atoms with Crippen LogP contribution < -0.4 is 10.0 Å². The Labute approximate surface area is 143 Å². The van der Waals surface area contributed by atoms with Crippen LogP contribution in [0.15, 0.2) is 22.7 Å². The number of urea groups is 1. The van der Waals surface area contributed by atoms with E-state index in [1.165, 1.54) is 18.0 Å². The smallest absolute Gasteiger partial charge is 0.330 e. The van der Waals surface area contributed by atoms with Crippen molar-refractivity contribution in [2.75, 3.05) is 43.9 Å². The highest BCUT2D eigenvalue weighted by Crippen LogP contribution is 2.24. The van der Waals surface area contributed by atoms with E-state index >= 15 is 0 Å². The first kappa shape index (κ1) is 17.0. The third kappa shape index (κ3) is 4.37. The highest BCUT2D eigenvalue weighted by Gasteiger charge is 2.14. The quantitative estimate of drug-likeness (QED) is 0.613. The Morgan fingerprint density at radius 3 is 3.04 bits per heavy atom. The van der Waals surface area contributed by atoms with Crippen LogP contribution in [0.2, 0.25) is 0 Å². The van der Waals surface area contributed by atoms with Crippen LogP contribution in [0.5, 0.6) is 0 Å². The zero-order valence-electron chi connectivity index (χ0n) is 13.1. The second-order valence-electron chi connectivity index (χ2n) is 5.36. The number of hydrogen-bond acceptors (Lipinski definition) is 6. The molecule has 0 radical (unpaired) electrons. The largest absolute Gasteiger partial charge is 0.379 e. The maximum atomic E-state index is 13.5. The van der Waals surface area contributed by atoms with Gasteiger partial charge in [0.05, 0.1) is 18.6 Å². The van der Waals surface area contributed by atoms with Crippen LogP contribution in [0.3, 0.4) is 0 Å². The van der Waals surface area contributed by atoms with E-state index in [9.17, 15) is 9.18 Å². The minimum Gasteiger partial charge on any atom is -0.379 e. The van der Waals surface area contributed by atoms with Crippen LogP contribution in [-0.2, 0) is 4.74 Å². The third-order valence-electron chi connectivity index (χ3n) is 3.67. The van der Waals surface area contributed by atoms with E-state index in [1.807, 2.05) is 0 Å². The number of nitrogens with one attached hydrogen (secondary N) is 2. The van der Waals surface area contributed by atoms with Gasteiger partial charge in [0.1, 0.15) is 0 Å². The zero-order valence-corrected chi connectivity index (χ0v) is 13.9. The average Bonchev–Trinajstić information content (AvgIpc) is 3.00. The number of nitrogens with zero attached hydrogens (tertiary/aromatic N) is 2. The van der Waals surface area contributed by atoms with Crippen molar-refractivity contribution in [2.45, 2.75) is 6.42 Å². The molecule has 2 amide bonds. The summed E-state index contributed by atoms with van der Waals surface area (Å²) in [7, 11) is 0. The number of halogens is 1. The Morgan fingerprint density at radius 1 is 1.38 bits per heavy atom. The summed E-state index contributed by atoms with van der Waals surface area (Å²) in [6.45, 7) is 4.51. The number of hydrogen-bond donors (Lipinski definition) is 2. The molecule has 2 aromatic rings. The summed E-state index contributed by atoms with van der Waals surface area (Å²) in [5.74, 6) is 0.501. The van der Waals surface area contributed by atoms with E-state index in [1.54, 1.807) is 12.1 Å². The molecule has 1 aromatic heterocycles. The van der Waals surface area contributed by atoms with Crippen molar-refractivity contribution in [1.29, 1.82) is 0 Å². The van der Waals surface area contributed by atoms with E-state index in [0.29, 0.717) is 5.39 Å². The predicted molar refractivity (Wildman–Crippen MR) is 90.5 cm³/mol. The Balaban J connectivity index is 1.38. The fourth-order valence-corrected chi connectivity index (χ4v) is 3.01. The van der Waals surface area contributed by atoms with Gasteiger partial charge in [0.15, 0.2) is 11.6 Å². The lowest BCUT2D eigenvalue weighted by molar-refractivity contribution is 0.0381. The molecule has 1 aliphatic heterocycles. The van der Waals surface area contributed by atoms with Gasteiger partial charge in [0.25, 0.3) is 0 Å². The molecule has 3 rings (SSSR count). The molecule has 9 heteroatoms. The minimum absolute atomic E-state index is 0.0333. The number of rotatable bonds is 6. The molecule has 0 spiro atoms. The second kappa shape index (κ2) is 8.32. The molecule has 2 heterocycles. The Morgan fingerprint density at radius 2 is 2.21 bits per heavy atom. The van der Waals surface area contributed by atoms with Gasteiger partial charge in [-0.2, -0.15) is 0 Å². The molecule has 0 bridgehead atoms. The van der Waals surface area contributed by atoms with Crippen LogP contribution >= 0.6 is 11.9 Å². The number of carbonyl (C=O) groups is 1. The number of aromatic nitrogens is 1. The minimum atomic E-state index is -0.508. The molecule has 1 saturated heterocycles. The van der Waals surface area contributed by atoms with Crippen LogP contribution in [0, 0.1) is 5.82 Å². The molecule has 1 aliphatic rings. The van der Waals surface area contributed by atoms with E-state index in [0.717, 1.165) is 45.0 Å². The van der Waals surface area contributed by atoms with Crippen molar-refractivity contribution in [3.05, 3.63) is 24.0 Å². The summed E-state index contributed by atoms with van der Waals surface area (Å²) in [5.41, 5.74) is 0.0333. The number of ether oxygens (including phenoxy) is 1. The molecule has 7 nitrogen and oxygen atoms in total. The molecule has 1 fully saturated rings. The first-order valence-corrected chi connectivity index (χ1v) is 8.75. The van der Waals surface area contributed by atoms with Gasteiger partial charge in [-0.05, 0) is 37.0 Å². The van der Waals surface area contributed by atoms with E-state index in [-0.39, 0.29) is 11.4 Å². The van der Waals surface area contributed by atoms with Gasteiger partial charge in [-0.3, -0.25) is 14.9 Å². The second-order valence-corrected chi connectivity index (χ2v) is 6.26. The third-order valence-corrected chi connectivity index (χ3v) is 4.49. The molecular formula is C15H19FN4O3S. The van der Waals surface area contributed by atoms with Crippen molar-refractivity contribution in [3.8, 4) is 0 Å². The molecule has 0 aliphatic carbocycles. The van der Waals surface area contributed by atoms with Gasteiger partial charge in [-0.1, -0.05) is 11.2 Å². The standard InChI is InChI=1S/C15H19FN4O3S/c16-12-4-1-3-11-13(12)23-18-14(11)17-15(21)19-24-10-2-5-20-6-8-22-9-7-20/h1,3-4H,2,5-10H2,(H2,17,18,19,21). The summed E-state index contributed by atoms with van der Waals surface area (Å²) >= 11 is 1.33. The van der Waals surface area contributed by atoms with Gasteiger partial charge in [0.2, 0.25) is 5.58 Å². The van der Waals surface area contributed by atoms with Gasteiger partial charge >= 0.3 is 6.03 Å². The monoisotopic (exact) mass is 354 g/mol. The van der Waals surface area contributed by atoms with Gasteiger partial charge in [-0.25, -0.2) is 9.18 Å². The van der Waals surface area contributed by atoms with Gasteiger partial charge in [0, 0.05) is 18.8 Å². The molecule has 0 atom stereocenters. The van der Waals surface area contributed by atoms with E-state index in [4.69, 9.17) is 9.26 Å². The van der Waals surface area contributed by atoms with Gasteiger partial charge in [-0.15, -0.1) is 0 Å². The Kier molecular flexibility index (Phi) is 5.89. The Bertz CT molecular complexity index is 690. The van der Waals surface area contributed by atoms with Crippen molar-refractivity contribution in [2.24, 2.45) is 0 Å². The molecule has 130 valence electrons. The highest BCUT2D eigenvalue weighted by molar-refractivity contribution is 7.97. The molecular weight excluding hydrogens is 335 g/mol. The van der Waals surface area contributed by atoms with Crippen LogP contribution in [0.4, 0.5) is 15.0 Å². The van der Waals surface area contributed by atoms with E-state index < -0.39 is 11.8 Å². The zero-order chi connectivity index (χ0) is 16.8. The maximum absolute atomic E-state index is 13.5. The number of fused-ring (bicyclic) bond motifs is 1. The normalized spacial score (nSPS) is 15.5. The number of morpholine rings is 1. The fraction of sp³-hybridized carbons (Fsp3) is 0.467. The fourth-order valence-electron chi connectivity index (χ4n) is 2.45.